The number of rotatable bonds is 5. The molecule has 0 aliphatic heterocycles. The monoisotopic (exact) mass is 281 g/mol. The second kappa shape index (κ2) is 6.04. The number of tetrazole rings is 1. The molecule has 1 heterocycles. The Kier molecular flexibility index (Phi) is 3.77. The average Bonchev–Trinajstić information content (AvgIpc) is 2.93. The van der Waals surface area contributed by atoms with Gasteiger partial charge in [-0.1, -0.05) is 30.3 Å². The Morgan fingerprint density at radius 2 is 1.81 bits per heavy atom. The maximum Gasteiger partial charge on any atom is 0.193 e. The van der Waals surface area contributed by atoms with Gasteiger partial charge in [0.25, 0.3) is 0 Å². The number of nitrogens with zero attached hydrogens (tertiary/aromatic N) is 4. The Morgan fingerprint density at radius 3 is 2.57 bits per heavy atom. The van der Waals surface area contributed by atoms with Crippen LogP contribution in [-0.2, 0) is 13.6 Å². The van der Waals surface area contributed by atoms with Crippen molar-refractivity contribution in [1.29, 1.82) is 0 Å². The van der Waals surface area contributed by atoms with Gasteiger partial charge in [0.05, 0.1) is 19.3 Å². The van der Waals surface area contributed by atoms with E-state index in [2.05, 4.69) is 20.7 Å². The van der Waals surface area contributed by atoms with E-state index >= 15 is 0 Å². The first kappa shape index (κ1) is 13.1. The molecule has 1 aromatic heterocycles. The van der Waals surface area contributed by atoms with Crippen molar-refractivity contribution >= 4 is 5.69 Å². The van der Waals surface area contributed by atoms with Crippen molar-refractivity contribution in [2.24, 2.45) is 7.05 Å². The van der Waals surface area contributed by atoms with E-state index in [9.17, 15) is 0 Å². The topological polar surface area (TPSA) is 64.9 Å². The van der Waals surface area contributed by atoms with Gasteiger partial charge >= 0.3 is 0 Å². The van der Waals surface area contributed by atoms with Crippen molar-refractivity contribution in [1.82, 2.24) is 20.2 Å². The predicted octanol–water partition coefficient (Wildman–Crippen LogP) is 2.61. The summed E-state index contributed by atoms with van der Waals surface area (Å²) in [5.74, 6) is 2.18. The Morgan fingerprint density at radius 1 is 1.05 bits per heavy atom. The van der Waals surface area contributed by atoms with Crippen LogP contribution in [0.15, 0.2) is 54.6 Å². The largest absolute Gasteiger partial charge is 0.455 e. The standard InChI is InChI=1S/C15H15N5O/c1-20-18-15(17-19-20)11-16-13-9-5-6-10-14(13)21-12-7-3-2-4-8-12/h2-10,16H,11H2,1H3. The molecule has 0 atom stereocenters. The molecule has 21 heavy (non-hydrogen) atoms. The number of aromatic nitrogens is 4. The molecule has 2 aromatic carbocycles. The maximum atomic E-state index is 5.88. The summed E-state index contributed by atoms with van der Waals surface area (Å²) in [6.45, 7) is 0.489. The number of aryl methyl sites for hydroxylation is 1. The highest BCUT2D eigenvalue weighted by atomic mass is 16.5. The van der Waals surface area contributed by atoms with Gasteiger partial charge in [0.2, 0.25) is 0 Å². The highest BCUT2D eigenvalue weighted by Gasteiger charge is 2.06. The van der Waals surface area contributed by atoms with E-state index in [1.807, 2.05) is 54.6 Å². The molecule has 0 amide bonds. The SMILES string of the molecule is Cn1nnc(CNc2ccccc2Oc2ccccc2)n1. The van der Waals surface area contributed by atoms with Crippen molar-refractivity contribution in [2.75, 3.05) is 5.32 Å². The van der Waals surface area contributed by atoms with Crippen molar-refractivity contribution < 1.29 is 4.74 Å². The molecule has 0 saturated heterocycles. The number of hydrogen-bond acceptors (Lipinski definition) is 5. The van der Waals surface area contributed by atoms with Crippen LogP contribution < -0.4 is 10.1 Å². The molecule has 0 spiro atoms. The van der Waals surface area contributed by atoms with Crippen LogP contribution in [0.3, 0.4) is 0 Å². The number of benzene rings is 2. The van der Waals surface area contributed by atoms with Gasteiger partial charge in [-0.3, -0.25) is 0 Å². The van der Waals surface area contributed by atoms with Crippen LogP contribution >= 0.6 is 0 Å². The van der Waals surface area contributed by atoms with Crippen LogP contribution in [-0.4, -0.2) is 20.2 Å². The van der Waals surface area contributed by atoms with E-state index in [1.54, 1.807) is 7.05 Å². The summed E-state index contributed by atoms with van der Waals surface area (Å²) in [4.78, 5) is 1.43. The Labute approximate surface area is 122 Å². The third-order valence-electron chi connectivity index (χ3n) is 2.84. The second-order valence-electron chi connectivity index (χ2n) is 4.46. The van der Waals surface area contributed by atoms with E-state index in [0.717, 1.165) is 17.2 Å². The van der Waals surface area contributed by atoms with Crippen molar-refractivity contribution in [2.45, 2.75) is 6.54 Å². The fourth-order valence-corrected chi connectivity index (χ4v) is 1.89. The van der Waals surface area contributed by atoms with E-state index in [1.165, 1.54) is 4.80 Å². The van der Waals surface area contributed by atoms with Crippen LogP contribution in [0.4, 0.5) is 5.69 Å². The fraction of sp³-hybridized carbons (Fsp3) is 0.133. The van der Waals surface area contributed by atoms with Crippen molar-refractivity contribution in [3.05, 3.63) is 60.4 Å². The molecule has 0 aliphatic carbocycles. The number of anilines is 1. The molecule has 0 radical (unpaired) electrons. The van der Waals surface area contributed by atoms with Gasteiger partial charge in [-0.05, 0) is 29.5 Å². The van der Waals surface area contributed by atoms with Crippen molar-refractivity contribution in [3.8, 4) is 11.5 Å². The van der Waals surface area contributed by atoms with E-state index in [0.29, 0.717) is 12.4 Å². The van der Waals surface area contributed by atoms with Gasteiger partial charge in [-0.2, -0.15) is 4.80 Å². The minimum absolute atomic E-state index is 0.489. The Hall–Kier alpha value is -2.89. The van der Waals surface area contributed by atoms with Gasteiger partial charge in [0.1, 0.15) is 5.75 Å². The third-order valence-corrected chi connectivity index (χ3v) is 2.84. The smallest absolute Gasteiger partial charge is 0.193 e. The number of hydrogen-bond donors (Lipinski definition) is 1. The Balaban J connectivity index is 1.73. The maximum absolute atomic E-state index is 5.88. The van der Waals surface area contributed by atoms with Crippen LogP contribution in [0.25, 0.3) is 0 Å². The van der Waals surface area contributed by atoms with Gasteiger partial charge in [0, 0.05) is 0 Å². The zero-order chi connectivity index (χ0) is 14.5. The first-order valence-electron chi connectivity index (χ1n) is 6.60. The molecular weight excluding hydrogens is 266 g/mol. The first-order chi connectivity index (χ1) is 10.3. The van der Waals surface area contributed by atoms with Gasteiger partial charge < -0.3 is 10.1 Å². The Bertz CT molecular complexity index is 711. The van der Waals surface area contributed by atoms with Crippen LogP contribution in [0.1, 0.15) is 5.82 Å². The average molecular weight is 281 g/mol. The van der Waals surface area contributed by atoms with E-state index < -0.39 is 0 Å². The minimum Gasteiger partial charge on any atom is -0.455 e. The third kappa shape index (κ3) is 3.36. The molecule has 6 heteroatoms. The predicted molar refractivity (Wildman–Crippen MR) is 79.1 cm³/mol. The number of nitrogens with one attached hydrogen (secondary N) is 1. The molecule has 106 valence electrons. The fourth-order valence-electron chi connectivity index (χ4n) is 1.89. The highest BCUT2D eigenvalue weighted by molar-refractivity contribution is 5.57. The summed E-state index contributed by atoms with van der Waals surface area (Å²) in [5, 5.41) is 15.1. The summed E-state index contributed by atoms with van der Waals surface area (Å²) >= 11 is 0. The molecule has 0 unspecified atom stereocenters. The zero-order valence-corrected chi connectivity index (χ0v) is 11.6. The van der Waals surface area contributed by atoms with Gasteiger partial charge in [-0.25, -0.2) is 0 Å². The molecule has 6 nitrogen and oxygen atoms in total. The lowest BCUT2D eigenvalue weighted by molar-refractivity contribution is 0.484. The molecule has 0 fully saturated rings. The van der Waals surface area contributed by atoms with E-state index in [-0.39, 0.29) is 0 Å². The molecule has 0 saturated carbocycles. The normalized spacial score (nSPS) is 10.3. The second-order valence-corrected chi connectivity index (χ2v) is 4.46. The lowest BCUT2D eigenvalue weighted by Crippen LogP contribution is -2.03. The lowest BCUT2D eigenvalue weighted by atomic mass is 10.3. The van der Waals surface area contributed by atoms with Crippen LogP contribution in [0, 0.1) is 0 Å². The van der Waals surface area contributed by atoms with E-state index in [4.69, 9.17) is 4.74 Å². The molecular formula is C15H15N5O. The molecule has 0 aliphatic rings. The summed E-state index contributed by atoms with van der Waals surface area (Å²) < 4.78 is 5.88. The summed E-state index contributed by atoms with van der Waals surface area (Å²) in [5.41, 5.74) is 0.883. The van der Waals surface area contributed by atoms with Gasteiger partial charge in [0.15, 0.2) is 11.6 Å². The van der Waals surface area contributed by atoms with Crippen LogP contribution in [0.5, 0.6) is 11.5 Å². The quantitative estimate of drug-likeness (QED) is 0.778. The number of ether oxygens (including phenoxy) is 1. The first-order valence-corrected chi connectivity index (χ1v) is 6.60. The number of para-hydroxylation sites is 3. The molecule has 1 N–H and O–H groups in total. The summed E-state index contributed by atoms with van der Waals surface area (Å²) in [6, 6.07) is 17.4. The lowest BCUT2D eigenvalue weighted by Gasteiger charge is -2.11. The molecule has 0 bridgehead atoms. The summed E-state index contributed by atoms with van der Waals surface area (Å²) in [6.07, 6.45) is 0. The van der Waals surface area contributed by atoms with Crippen LogP contribution in [0.2, 0.25) is 0 Å². The molecule has 3 rings (SSSR count). The minimum atomic E-state index is 0.489. The highest BCUT2D eigenvalue weighted by Crippen LogP contribution is 2.29. The zero-order valence-electron chi connectivity index (χ0n) is 11.6. The van der Waals surface area contributed by atoms with Crippen molar-refractivity contribution in [3.63, 3.8) is 0 Å². The molecule has 3 aromatic rings. The summed E-state index contributed by atoms with van der Waals surface area (Å²) in [7, 11) is 1.74. The van der Waals surface area contributed by atoms with Gasteiger partial charge in [-0.15, -0.1) is 10.2 Å².